The molecule has 0 saturated carbocycles. The molecule has 1 fully saturated rings. The van der Waals surface area contributed by atoms with Gasteiger partial charge in [0, 0.05) is 31.0 Å². The van der Waals surface area contributed by atoms with Crippen molar-refractivity contribution in [3.05, 3.63) is 120 Å². The average Bonchev–Trinajstić information content (AvgIpc) is 3.33. The molecular formula is C35H37N3O3. The molecule has 1 aliphatic heterocycles. The van der Waals surface area contributed by atoms with Gasteiger partial charge in [0.2, 0.25) is 0 Å². The van der Waals surface area contributed by atoms with Crippen LogP contribution in [0.15, 0.2) is 103 Å². The molecule has 41 heavy (non-hydrogen) atoms. The Bertz CT molecular complexity index is 1520. The van der Waals surface area contributed by atoms with E-state index in [0.29, 0.717) is 25.2 Å². The Balaban J connectivity index is 1.54. The second-order valence-corrected chi connectivity index (χ2v) is 11.3. The summed E-state index contributed by atoms with van der Waals surface area (Å²) in [5.74, 6) is -0.0619. The van der Waals surface area contributed by atoms with E-state index in [9.17, 15) is 9.59 Å². The van der Waals surface area contributed by atoms with Crippen LogP contribution in [-0.2, 0) is 4.74 Å². The molecular weight excluding hydrogens is 510 g/mol. The zero-order chi connectivity index (χ0) is 29.0. The molecule has 0 radical (unpaired) electrons. The summed E-state index contributed by atoms with van der Waals surface area (Å²) in [6.45, 7) is 8.76. The zero-order valence-electron chi connectivity index (χ0n) is 24.2. The number of carbonyl (C=O) groups excluding carboxylic acids is 2. The van der Waals surface area contributed by atoms with Crippen molar-refractivity contribution in [3.8, 4) is 16.9 Å². The first-order chi connectivity index (χ1) is 19.7. The molecule has 0 bridgehead atoms. The third-order valence-electron chi connectivity index (χ3n) is 7.12. The van der Waals surface area contributed by atoms with Gasteiger partial charge in [-0.3, -0.25) is 4.79 Å². The van der Waals surface area contributed by atoms with Crippen LogP contribution in [0, 0.1) is 6.92 Å². The van der Waals surface area contributed by atoms with E-state index in [1.807, 2.05) is 130 Å². The molecule has 210 valence electrons. The van der Waals surface area contributed by atoms with Crippen LogP contribution in [0.1, 0.15) is 42.4 Å². The minimum atomic E-state index is -0.595. The summed E-state index contributed by atoms with van der Waals surface area (Å²) in [6, 6.07) is 31.8. The van der Waals surface area contributed by atoms with Crippen molar-refractivity contribution in [2.75, 3.05) is 19.6 Å². The first-order valence-corrected chi connectivity index (χ1v) is 14.1. The van der Waals surface area contributed by atoms with Crippen molar-refractivity contribution < 1.29 is 14.3 Å². The van der Waals surface area contributed by atoms with Gasteiger partial charge in [-0.15, -0.1) is 0 Å². The lowest BCUT2D eigenvalue weighted by Gasteiger charge is -2.40. The highest BCUT2D eigenvalue weighted by Gasteiger charge is 2.35. The van der Waals surface area contributed by atoms with Gasteiger partial charge in [-0.2, -0.15) is 0 Å². The summed E-state index contributed by atoms with van der Waals surface area (Å²) < 4.78 is 7.82. The molecule has 0 unspecified atom stereocenters. The maximum absolute atomic E-state index is 14.5. The predicted molar refractivity (Wildman–Crippen MR) is 164 cm³/mol. The highest BCUT2D eigenvalue weighted by Crippen LogP contribution is 2.33. The Morgan fingerprint density at radius 1 is 0.854 bits per heavy atom. The smallest absolute Gasteiger partial charge is 0.410 e. The molecule has 1 saturated heterocycles. The minimum Gasteiger partial charge on any atom is -0.444 e. The van der Waals surface area contributed by atoms with E-state index >= 15 is 0 Å². The lowest BCUT2D eigenvalue weighted by Crippen LogP contribution is -2.56. The fourth-order valence-electron chi connectivity index (χ4n) is 5.25. The van der Waals surface area contributed by atoms with Gasteiger partial charge in [-0.1, -0.05) is 91.0 Å². The van der Waals surface area contributed by atoms with E-state index in [4.69, 9.17) is 4.74 Å². The number of rotatable bonds is 5. The van der Waals surface area contributed by atoms with Crippen LogP contribution in [-0.4, -0.2) is 57.6 Å². The van der Waals surface area contributed by atoms with Crippen LogP contribution in [0.3, 0.4) is 0 Å². The lowest BCUT2D eigenvalue weighted by atomic mass is 10.0. The summed E-state index contributed by atoms with van der Waals surface area (Å²) >= 11 is 0. The number of aromatic nitrogens is 1. The fourth-order valence-corrected chi connectivity index (χ4v) is 5.25. The van der Waals surface area contributed by atoms with Crippen molar-refractivity contribution in [2.24, 2.45) is 0 Å². The Hall–Kier alpha value is -4.58. The Labute approximate surface area is 242 Å². The number of benzene rings is 3. The van der Waals surface area contributed by atoms with Crippen molar-refractivity contribution in [1.29, 1.82) is 0 Å². The van der Waals surface area contributed by atoms with Gasteiger partial charge in [-0.25, -0.2) is 4.79 Å². The van der Waals surface area contributed by atoms with Crippen molar-refractivity contribution in [3.63, 3.8) is 0 Å². The molecule has 6 heteroatoms. The average molecular weight is 548 g/mol. The van der Waals surface area contributed by atoms with Crippen molar-refractivity contribution in [1.82, 2.24) is 14.4 Å². The number of hydrogen-bond acceptors (Lipinski definition) is 3. The highest BCUT2D eigenvalue weighted by atomic mass is 16.6. The summed E-state index contributed by atoms with van der Waals surface area (Å²) in [7, 11) is 0. The molecule has 1 atom stereocenters. The predicted octanol–water partition coefficient (Wildman–Crippen LogP) is 7.23. The topological polar surface area (TPSA) is 54.8 Å². The van der Waals surface area contributed by atoms with Gasteiger partial charge in [0.05, 0.1) is 17.3 Å². The monoisotopic (exact) mass is 547 g/mol. The summed E-state index contributed by atoms with van der Waals surface area (Å²) in [5.41, 5.74) is 4.88. The second kappa shape index (κ2) is 11.9. The van der Waals surface area contributed by atoms with Crippen LogP contribution in [0.25, 0.3) is 23.0 Å². The largest absolute Gasteiger partial charge is 0.444 e. The number of amides is 2. The number of nitrogens with zero attached hydrogens (tertiary/aromatic N) is 3. The zero-order valence-corrected chi connectivity index (χ0v) is 24.2. The summed E-state index contributed by atoms with van der Waals surface area (Å²) in [5, 5.41) is 0. The first kappa shape index (κ1) is 28.0. The van der Waals surface area contributed by atoms with Crippen LogP contribution in [0.4, 0.5) is 4.79 Å². The Morgan fingerprint density at radius 2 is 1.46 bits per heavy atom. The molecule has 5 rings (SSSR count). The molecule has 1 aromatic heterocycles. The van der Waals surface area contributed by atoms with Crippen molar-refractivity contribution in [2.45, 2.75) is 39.3 Å². The van der Waals surface area contributed by atoms with Gasteiger partial charge >= 0.3 is 6.09 Å². The maximum atomic E-state index is 14.5. The fraction of sp³-hybridized carbons (Fsp3) is 0.257. The van der Waals surface area contributed by atoms with E-state index in [1.165, 1.54) is 0 Å². The number of para-hydroxylation sites is 1. The minimum absolute atomic E-state index is 0.0619. The molecule has 0 aliphatic carbocycles. The summed E-state index contributed by atoms with van der Waals surface area (Å²) in [4.78, 5) is 31.0. The number of aryl methyl sites for hydroxylation is 1. The second-order valence-electron chi connectivity index (χ2n) is 11.3. The van der Waals surface area contributed by atoms with Gasteiger partial charge in [0.15, 0.2) is 0 Å². The normalized spacial score (nSPS) is 15.8. The van der Waals surface area contributed by atoms with Crippen LogP contribution < -0.4 is 0 Å². The van der Waals surface area contributed by atoms with Crippen LogP contribution in [0.2, 0.25) is 0 Å². The Morgan fingerprint density at radius 3 is 2.10 bits per heavy atom. The van der Waals surface area contributed by atoms with Gasteiger partial charge in [0.1, 0.15) is 5.60 Å². The quantitative estimate of drug-likeness (QED) is 0.265. The maximum Gasteiger partial charge on any atom is 0.410 e. The number of hydrogen-bond donors (Lipinski definition) is 0. The molecule has 4 aromatic rings. The van der Waals surface area contributed by atoms with E-state index in [0.717, 1.165) is 28.2 Å². The molecule has 2 heterocycles. The van der Waals surface area contributed by atoms with E-state index in [-0.39, 0.29) is 18.0 Å². The van der Waals surface area contributed by atoms with E-state index < -0.39 is 5.60 Å². The van der Waals surface area contributed by atoms with E-state index in [1.54, 1.807) is 4.90 Å². The third-order valence-corrected chi connectivity index (χ3v) is 7.12. The van der Waals surface area contributed by atoms with Gasteiger partial charge in [-0.05, 0) is 57.0 Å². The summed E-state index contributed by atoms with van der Waals surface area (Å²) in [6.07, 6.45) is 3.67. The molecule has 2 amide bonds. The lowest BCUT2D eigenvalue weighted by molar-refractivity contribution is 0.00874. The number of carbonyl (C=O) groups is 2. The number of piperazine rings is 1. The molecule has 0 N–H and O–H groups in total. The van der Waals surface area contributed by atoms with Crippen molar-refractivity contribution >= 4 is 18.1 Å². The van der Waals surface area contributed by atoms with Gasteiger partial charge < -0.3 is 19.1 Å². The molecule has 1 aliphatic rings. The number of ether oxygens (including phenoxy) is 1. The standard InChI is InChI=1S/C35H37N3O3/c1-26-24-31(32(28-16-10-6-11-17-28)38(26)29-18-12-7-13-19-29)33(39)37-23-22-36(34(40)41-35(2,3)4)25-30(37)21-20-27-14-8-5-9-15-27/h5-21,24,30H,22-23,25H2,1-4H3/t30-/m1/s1. The van der Waals surface area contributed by atoms with Crippen LogP contribution >= 0.6 is 0 Å². The molecule has 3 aromatic carbocycles. The van der Waals surface area contributed by atoms with E-state index in [2.05, 4.69) is 16.7 Å². The SMILES string of the molecule is Cc1cc(C(=O)N2CCN(C(=O)OC(C)(C)C)C[C@H]2C=Cc2ccccc2)c(-c2ccccc2)n1-c1ccccc1. The molecule has 0 spiro atoms. The first-order valence-electron chi connectivity index (χ1n) is 14.1. The van der Waals surface area contributed by atoms with Gasteiger partial charge in [0.25, 0.3) is 5.91 Å². The highest BCUT2D eigenvalue weighted by molar-refractivity contribution is 6.01. The Kier molecular flexibility index (Phi) is 8.11. The van der Waals surface area contributed by atoms with Crippen LogP contribution in [0.5, 0.6) is 0 Å². The molecule has 6 nitrogen and oxygen atoms in total. The third kappa shape index (κ3) is 6.43.